The lowest BCUT2D eigenvalue weighted by Crippen LogP contribution is -2.00. The van der Waals surface area contributed by atoms with Crippen LogP contribution in [0.3, 0.4) is 0 Å². The molecule has 1 aromatic heterocycles. The summed E-state index contributed by atoms with van der Waals surface area (Å²) in [5.74, 6) is -0.695. The highest BCUT2D eigenvalue weighted by Crippen LogP contribution is 2.30. The average Bonchev–Trinajstić information content (AvgIpc) is 2.46. The molecule has 0 aromatic carbocycles. The van der Waals surface area contributed by atoms with Gasteiger partial charge in [-0.2, -0.15) is 5.26 Å². The first-order chi connectivity index (χ1) is 6.65. The summed E-state index contributed by atoms with van der Waals surface area (Å²) >= 11 is 0. The number of nitrogens with two attached hydrogens (primary N) is 1. The van der Waals surface area contributed by atoms with Crippen molar-refractivity contribution in [3.8, 4) is 6.07 Å². The summed E-state index contributed by atoms with van der Waals surface area (Å²) in [5, 5.41) is 17.6. The van der Waals surface area contributed by atoms with Gasteiger partial charge in [0, 0.05) is 6.42 Å². The fourth-order valence-electron chi connectivity index (χ4n) is 1.45. The number of fused-ring (bicyclic) bond motifs is 2. The van der Waals surface area contributed by atoms with Crippen molar-refractivity contribution < 1.29 is 14.3 Å². The Bertz CT molecular complexity index is 491. The number of rotatable bonds is 1. The SMILES string of the molecule is N#Cc1c2oc(c1C(=O)O)CC=C2N. The second-order valence-electron chi connectivity index (χ2n) is 2.88. The number of carboxylic acid groups (broad SMARTS) is 1. The topological polar surface area (TPSA) is 100 Å². The van der Waals surface area contributed by atoms with Crippen LogP contribution in [0.4, 0.5) is 0 Å². The number of hydrogen-bond acceptors (Lipinski definition) is 4. The van der Waals surface area contributed by atoms with Gasteiger partial charge in [-0.25, -0.2) is 4.79 Å². The van der Waals surface area contributed by atoms with E-state index in [-0.39, 0.29) is 16.9 Å². The summed E-state index contributed by atoms with van der Waals surface area (Å²) in [6.45, 7) is 0. The van der Waals surface area contributed by atoms with E-state index in [4.69, 9.17) is 20.5 Å². The molecule has 0 atom stereocenters. The number of furan rings is 1. The molecule has 2 heterocycles. The summed E-state index contributed by atoms with van der Waals surface area (Å²) < 4.78 is 5.15. The molecule has 0 saturated heterocycles. The second kappa shape index (κ2) is 2.64. The first-order valence-corrected chi connectivity index (χ1v) is 3.90. The maximum Gasteiger partial charge on any atom is 0.340 e. The van der Waals surface area contributed by atoms with Crippen LogP contribution in [0.1, 0.15) is 27.4 Å². The quantitative estimate of drug-likeness (QED) is 0.679. The molecule has 1 aliphatic rings. The Balaban J connectivity index is 2.74. The second-order valence-corrected chi connectivity index (χ2v) is 2.88. The van der Waals surface area contributed by atoms with Crippen LogP contribution in [-0.2, 0) is 6.42 Å². The fourth-order valence-corrected chi connectivity index (χ4v) is 1.45. The molecule has 0 fully saturated rings. The van der Waals surface area contributed by atoms with Gasteiger partial charge in [-0.15, -0.1) is 0 Å². The van der Waals surface area contributed by atoms with Crippen molar-refractivity contribution in [2.45, 2.75) is 6.42 Å². The maximum absolute atomic E-state index is 10.8. The molecular weight excluding hydrogens is 184 g/mol. The Hall–Kier alpha value is -2.22. The Kier molecular flexibility index (Phi) is 1.58. The van der Waals surface area contributed by atoms with Gasteiger partial charge < -0.3 is 15.3 Å². The Morgan fingerprint density at radius 2 is 2.43 bits per heavy atom. The first-order valence-electron chi connectivity index (χ1n) is 3.90. The predicted octanol–water partition coefficient (Wildman–Crippen LogP) is 0.705. The van der Waals surface area contributed by atoms with Crippen molar-refractivity contribution in [3.05, 3.63) is 28.7 Å². The lowest BCUT2D eigenvalue weighted by atomic mass is 10.1. The molecule has 5 nitrogen and oxygen atoms in total. The van der Waals surface area contributed by atoms with E-state index in [1.165, 1.54) is 0 Å². The molecule has 2 bridgehead atoms. The van der Waals surface area contributed by atoms with Crippen LogP contribution in [0.15, 0.2) is 10.5 Å². The minimum atomic E-state index is -1.16. The summed E-state index contributed by atoms with van der Waals surface area (Å²) in [6, 6.07) is 1.79. The number of aromatic carboxylic acids is 1. The summed E-state index contributed by atoms with van der Waals surface area (Å²) in [6.07, 6.45) is 1.96. The summed E-state index contributed by atoms with van der Waals surface area (Å²) in [5.41, 5.74) is 5.82. The van der Waals surface area contributed by atoms with Gasteiger partial charge in [0.1, 0.15) is 23.0 Å². The highest BCUT2D eigenvalue weighted by atomic mass is 16.4. The number of allylic oxidation sites excluding steroid dienone is 1. The van der Waals surface area contributed by atoms with E-state index in [9.17, 15) is 4.79 Å². The molecule has 1 aromatic rings. The third-order valence-corrected chi connectivity index (χ3v) is 2.08. The third kappa shape index (κ3) is 0.910. The molecule has 2 rings (SSSR count). The van der Waals surface area contributed by atoms with Gasteiger partial charge in [0.15, 0.2) is 5.76 Å². The van der Waals surface area contributed by atoms with E-state index >= 15 is 0 Å². The van der Waals surface area contributed by atoms with Crippen LogP contribution in [0.2, 0.25) is 0 Å². The van der Waals surface area contributed by atoms with E-state index in [0.717, 1.165) is 0 Å². The molecule has 5 heteroatoms. The number of nitrogens with zero attached hydrogens (tertiary/aromatic N) is 1. The predicted molar refractivity (Wildman–Crippen MR) is 46.3 cm³/mol. The van der Waals surface area contributed by atoms with Gasteiger partial charge in [0.05, 0.1) is 5.70 Å². The zero-order valence-electron chi connectivity index (χ0n) is 7.07. The molecule has 0 radical (unpaired) electrons. The minimum absolute atomic E-state index is 0.0127. The molecule has 0 spiro atoms. The van der Waals surface area contributed by atoms with Gasteiger partial charge in [0.2, 0.25) is 0 Å². The molecular formula is C9H6N2O3. The van der Waals surface area contributed by atoms with Crippen LogP contribution in [0, 0.1) is 11.3 Å². The monoisotopic (exact) mass is 190 g/mol. The normalized spacial score (nSPS) is 13.2. The number of nitriles is 1. The Morgan fingerprint density at radius 1 is 1.71 bits per heavy atom. The van der Waals surface area contributed by atoms with Crippen LogP contribution >= 0.6 is 0 Å². The molecule has 3 N–H and O–H groups in total. The lowest BCUT2D eigenvalue weighted by molar-refractivity contribution is 0.0694. The van der Waals surface area contributed by atoms with Gasteiger partial charge >= 0.3 is 5.97 Å². The van der Waals surface area contributed by atoms with Crippen molar-refractivity contribution in [2.24, 2.45) is 5.73 Å². The van der Waals surface area contributed by atoms with Gasteiger partial charge in [-0.3, -0.25) is 0 Å². The van der Waals surface area contributed by atoms with E-state index < -0.39 is 5.97 Å². The summed E-state index contributed by atoms with van der Waals surface area (Å²) in [7, 11) is 0. The van der Waals surface area contributed by atoms with E-state index in [1.807, 2.05) is 0 Å². The molecule has 0 amide bonds. The molecule has 0 saturated carbocycles. The molecule has 1 aliphatic heterocycles. The van der Waals surface area contributed by atoms with Crippen molar-refractivity contribution in [1.82, 2.24) is 0 Å². The Morgan fingerprint density at radius 3 is 3.00 bits per heavy atom. The van der Waals surface area contributed by atoms with E-state index in [2.05, 4.69) is 0 Å². The van der Waals surface area contributed by atoms with Gasteiger partial charge in [0.25, 0.3) is 0 Å². The Labute approximate surface area is 79.0 Å². The summed E-state index contributed by atoms with van der Waals surface area (Å²) in [4.78, 5) is 10.8. The van der Waals surface area contributed by atoms with Crippen LogP contribution < -0.4 is 5.73 Å². The van der Waals surface area contributed by atoms with Crippen molar-refractivity contribution >= 4 is 11.7 Å². The smallest absolute Gasteiger partial charge is 0.340 e. The number of hydrogen-bond donors (Lipinski definition) is 2. The van der Waals surface area contributed by atoms with Crippen molar-refractivity contribution in [1.29, 1.82) is 5.26 Å². The molecule has 0 aliphatic carbocycles. The lowest BCUT2D eigenvalue weighted by Gasteiger charge is -2.01. The largest absolute Gasteiger partial charge is 0.478 e. The van der Waals surface area contributed by atoms with Gasteiger partial charge in [-0.05, 0) is 0 Å². The minimum Gasteiger partial charge on any atom is -0.478 e. The zero-order valence-corrected chi connectivity index (χ0v) is 7.07. The third-order valence-electron chi connectivity index (χ3n) is 2.08. The van der Waals surface area contributed by atoms with E-state index in [0.29, 0.717) is 17.9 Å². The number of carboxylic acids is 1. The molecule has 0 unspecified atom stereocenters. The molecule has 70 valence electrons. The zero-order chi connectivity index (χ0) is 10.3. The van der Waals surface area contributed by atoms with E-state index in [1.54, 1.807) is 12.1 Å². The van der Waals surface area contributed by atoms with Crippen molar-refractivity contribution in [2.75, 3.05) is 0 Å². The van der Waals surface area contributed by atoms with Gasteiger partial charge in [-0.1, -0.05) is 6.08 Å². The fraction of sp³-hybridized carbons (Fsp3) is 0.111. The average molecular weight is 190 g/mol. The highest BCUT2D eigenvalue weighted by molar-refractivity contribution is 5.94. The van der Waals surface area contributed by atoms with Crippen LogP contribution in [0.5, 0.6) is 0 Å². The van der Waals surface area contributed by atoms with Crippen molar-refractivity contribution in [3.63, 3.8) is 0 Å². The first kappa shape index (κ1) is 8.38. The maximum atomic E-state index is 10.8. The standard InChI is InChI=1S/C9H6N2O3/c10-3-4-7(9(12)13)6-2-1-5(11)8(4)14-6/h1H,2,11H2,(H,12,13). The van der Waals surface area contributed by atoms with Crippen LogP contribution in [-0.4, -0.2) is 11.1 Å². The highest BCUT2D eigenvalue weighted by Gasteiger charge is 2.28. The van der Waals surface area contributed by atoms with Crippen LogP contribution in [0.25, 0.3) is 5.70 Å². The number of carbonyl (C=O) groups is 1. The molecule has 14 heavy (non-hydrogen) atoms.